The van der Waals surface area contributed by atoms with Gasteiger partial charge in [0.1, 0.15) is 0 Å². The first kappa shape index (κ1) is 13.6. The fourth-order valence-electron chi connectivity index (χ4n) is 3.08. The molecule has 1 aliphatic heterocycles. The van der Waals surface area contributed by atoms with Crippen molar-refractivity contribution in [1.29, 1.82) is 0 Å². The lowest BCUT2D eigenvalue weighted by atomic mass is 9.77. The van der Waals surface area contributed by atoms with E-state index < -0.39 is 0 Å². The molecule has 0 radical (unpaired) electrons. The molecule has 1 unspecified atom stereocenters. The molecular weight excluding hydrogens is 220 g/mol. The van der Waals surface area contributed by atoms with E-state index >= 15 is 0 Å². The fourth-order valence-corrected chi connectivity index (χ4v) is 3.08. The molecule has 1 fully saturated rings. The van der Waals surface area contributed by atoms with Gasteiger partial charge in [0.2, 0.25) is 0 Å². The van der Waals surface area contributed by atoms with Crippen LogP contribution in [0.15, 0.2) is 30.3 Å². The topological polar surface area (TPSA) is 24.1 Å². The quantitative estimate of drug-likeness (QED) is 0.806. The maximum absolute atomic E-state index is 3.66. The van der Waals surface area contributed by atoms with Crippen molar-refractivity contribution in [2.24, 2.45) is 5.41 Å². The molecule has 2 rings (SSSR count). The minimum absolute atomic E-state index is 0.488. The smallest absolute Gasteiger partial charge is 0.0205 e. The summed E-state index contributed by atoms with van der Waals surface area (Å²) in [5, 5.41) is 7.23. The van der Waals surface area contributed by atoms with Crippen LogP contribution in [0.2, 0.25) is 0 Å². The van der Waals surface area contributed by atoms with Gasteiger partial charge in [0.25, 0.3) is 0 Å². The van der Waals surface area contributed by atoms with Crippen molar-refractivity contribution in [3.8, 4) is 0 Å². The van der Waals surface area contributed by atoms with Crippen LogP contribution in [0.3, 0.4) is 0 Å². The monoisotopic (exact) mass is 246 g/mol. The lowest BCUT2D eigenvalue weighted by molar-refractivity contribution is 0.182. The Morgan fingerprint density at radius 1 is 1.28 bits per heavy atom. The van der Waals surface area contributed by atoms with Crippen molar-refractivity contribution in [3.05, 3.63) is 35.9 Å². The summed E-state index contributed by atoms with van der Waals surface area (Å²) in [7, 11) is 0. The van der Waals surface area contributed by atoms with E-state index in [0.29, 0.717) is 5.41 Å². The van der Waals surface area contributed by atoms with Gasteiger partial charge in [-0.3, -0.25) is 0 Å². The fraction of sp³-hybridized carbons (Fsp3) is 0.625. The molecule has 0 amide bonds. The molecule has 100 valence electrons. The molecule has 2 heteroatoms. The van der Waals surface area contributed by atoms with Crippen molar-refractivity contribution < 1.29 is 0 Å². The largest absolute Gasteiger partial charge is 0.316 e. The average Bonchev–Trinajstić information content (AvgIpc) is 2.41. The highest BCUT2D eigenvalue weighted by Gasteiger charge is 2.30. The first-order valence-electron chi connectivity index (χ1n) is 7.30. The van der Waals surface area contributed by atoms with Crippen molar-refractivity contribution in [2.45, 2.75) is 39.2 Å². The zero-order valence-corrected chi connectivity index (χ0v) is 11.5. The molecule has 1 atom stereocenters. The minimum atomic E-state index is 0.488. The number of hydrogen-bond donors (Lipinski definition) is 2. The van der Waals surface area contributed by atoms with Crippen LogP contribution in [0.1, 0.15) is 38.2 Å². The Labute approximate surface area is 111 Å². The highest BCUT2D eigenvalue weighted by atomic mass is 14.9. The summed E-state index contributed by atoms with van der Waals surface area (Å²) in [4.78, 5) is 0. The predicted octanol–water partition coefficient (Wildman–Crippen LogP) is 2.95. The summed E-state index contributed by atoms with van der Waals surface area (Å²) >= 11 is 0. The maximum atomic E-state index is 3.66. The van der Waals surface area contributed by atoms with Gasteiger partial charge in [-0.15, -0.1) is 0 Å². The summed E-state index contributed by atoms with van der Waals surface area (Å²) in [5.41, 5.74) is 1.87. The third-order valence-corrected chi connectivity index (χ3v) is 4.01. The van der Waals surface area contributed by atoms with Gasteiger partial charge in [-0.05, 0) is 36.8 Å². The Morgan fingerprint density at radius 2 is 2.11 bits per heavy atom. The van der Waals surface area contributed by atoms with E-state index in [1.165, 1.54) is 44.3 Å². The Balaban J connectivity index is 1.82. The molecule has 1 heterocycles. The SMILES string of the molecule is CCCC1(CNCc2ccccc2)CCCNC1. The van der Waals surface area contributed by atoms with Crippen LogP contribution in [0.4, 0.5) is 0 Å². The maximum Gasteiger partial charge on any atom is 0.0205 e. The second kappa shape index (κ2) is 6.91. The summed E-state index contributed by atoms with van der Waals surface area (Å²) < 4.78 is 0. The zero-order valence-electron chi connectivity index (χ0n) is 11.5. The van der Waals surface area contributed by atoms with Crippen LogP contribution >= 0.6 is 0 Å². The third-order valence-electron chi connectivity index (χ3n) is 4.01. The summed E-state index contributed by atoms with van der Waals surface area (Å²) in [5.74, 6) is 0. The van der Waals surface area contributed by atoms with Crippen molar-refractivity contribution in [2.75, 3.05) is 19.6 Å². The first-order chi connectivity index (χ1) is 8.85. The van der Waals surface area contributed by atoms with Gasteiger partial charge >= 0.3 is 0 Å². The minimum Gasteiger partial charge on any atom is -0.316 e. The van der Waals surface area contributed by atoms with E-state index in [1.54, 1.807) is 0 Å². The van der Waals surface area contributed by atoms with Gasteiger partial charge in [0, 0.05) is 19.6 Å². The zero-order chi connectivity index (χ0) is 12.7. The van der Waals surface area contributed by atoms with Crippen LogP contribution in [-0.2, 0) is 6.54 Å². The molecule has 1 saturated heterocycles. The number of benzene rings is 1. The molecular formula is C16H26N2. The Morgan fingerprint density at radius 3 is 2.78 bits per heavy atom. The van der Waals surface area contributed by atoms with Crippen molar-refractivity contribution in [1.82, 2.24) is 10.6 Å². The van der Waals surface area contributed by atoms with E-state index in [0.717, 1.165) is 13.1 Å². The molecule has 0 saturated carbocycles. The first-order valence-corrected chi connectivity index (χ1v) is 7.30. The molecule has 0 spiro atoms. The van der Waals surface area contributed by atoms with E-state index in [2.05, 4.69) is 47.9 Å². The number of nitrogens with one attached hydrogen (secondary N) is 2. The van der Waals surface area contributed by atoms with E-state index in [1.807, 2.05) is 0 Å². The van der Waals surface area contributed by atoms with Crippen LogP contribution < -0.4 is 10.6 Å². The molecule has 2 nitrogen and oxygen atoms in total. The Kier molecular flexibility index (Phi) is 5.21. The average molecular weight is 246 g/mol. The van der Waals surface area contributed by atoms with E-state index in [9.17, 15) is 0 Å². The van der Waals surface area contributed by atoms with E-state index in [-0.39, 0.29) is 0 Å². The van der Waals surface area contributed by atoms with Gasteiger partial charge in [-0.1, -0.05) is 43.7 Å². The molecule has 1 aromatic carbocycles. The van der Waals surface area contributed by atoms with Crippen LogP contribution in [0.25, 0.3) is 0 Å². The molecule has 2 N–H and O–H groups in total. The van der Waals surface area contributed by atoms with Crippen LogP contribution in [0, 0.1) is 5.41 Å². The van der Waals surface area contributed by atoms with E-state index in [4.69, 9.17) is 0 Å². The summed E-state index contributed by atoms with van der Waals surface area (Å²) in [6, 6.07) is 10.7. The molecule has 1 aromatic rings. The standard InChI is InChI=1S/C16H26N2/c1-2-9-16(10-6-11-17-13-16)14-18-12-15-7-4-3-5-8-15/h3-5,7-8,17-18H,2,6,9-14H2,1H3. The second-order valence-electron chi connectivity index (χ2n) is 5.62. The number of rotatable bonds is 6. The molecule has 0 aromatic heterocycles. The lowest BCUT2D eigenvalue weighted by Crippen LogP contribution is -2.46. The second-order valence-corrected chi connectivity index (χ2v) is 5.62. The summed E-state index contributed by atoms with van der Waals surface area (Å²) in [6.45, 7) is 6.81. The predicted molar refractivity (Wildman–Crippen MR) is 77.6 cm³/mol. The third kappa shape index (κ3) is 3.82. The molecule has 1 aliphatic rings. The molecule has 0 aliphatic carbocycles. The van der Waals surface area contributed by atoms with Gasteiger partial charge in [-0.25, -0.2) is 0 Å². The number of piperidine rings is 1. The summed E-state index contributed by atoms with van der Waals surface area (Å²) in [6.07, 6.45) is 5.32. The van der Waals surface area contributed by atoms with Gasteiger partial charge < -0.3 is 10.6 Å². The van der Waals surface area contributed by atoms with Crippen molar-refractivity contribution in [3.63, 3.8) is 0 Å². The molecule has 18 heavy (non-hydrogen) atoms. The lowest BCUT2D eigenvalue weighted by Gasteiger charge is -2.38. The van der Waals surface area contributed by atoms with Gasteiger partial charge in [0.15, 0.2) is 0 Å². The molecule has 0 bridgehead atoms. The Hall–Kier alpha value is -0.860. The number of hydrogen-bond acceptors (Lipinski definition) is 2. The van der Waals surface area contributed by atoms with Crippen LogP contribution in [-0.4, -0.2) is 19.6 Å². The van der Waals surface area contributed by atoms with Gasteiger partial charge in [-0.2, -0.15) is 0 Å². The Bertz CT molecular complexity index is 323. The highest BCUT2D eigenvalue weighted by Crippen LogP contribution is 2.30. The van der Waals surface area contributed by atoms with Crippen LogP contribution in [0.5, 0.6) is 0 Å². The normalized spacial score (nSPS) is 24.1. The van der Waals surface area contributed by atoms with Crippen molar-refractivity contribution >= 4 is 0 Å². The van der Waals surface area contributed by atoms with Gasteiger partial charge in [0.05, 0.1) is 0 Å². The highest BCUT2D eigenvalue weighted by molar-refractivity contribution is 5.14.